The fourth-order valence-corrected chi connectivity index (χ4v) is 5.99. The molecule has 0 aliphatic carbocycles. The number of benzene rings is 4. The van der Waals surface area contributed by atoms with Crippen LogP contribution in [0.25, 0.3) is 11.1 Å². The number of hydrogen-bond acceptors (Lipinski definition) is 10. The monoisotopic (exact) mass is 676 g/mol. The molecule has 0 spiro atoms. The first-order valence-corrected chi connectivity index (χ1v) is 16.0. The standard InChI is InChI=1S/2C20H18O5/c2*1-2-24-19(23)20(13-14-9-5-3-6-10-14)16(17(21)18(22)25-20)15-11-7-4-8-12-15/h2*3-12,21H,2,13H2,1H3/t2*20-/m10/s1. The van der Waals surface area contributed by atoms with Crippen LogP contribution < -0.4 is 0 Å². The fraction of sp³-hybridized carbons (Fsp3) is 0.200. The largest absolute Gasteiger partial charge is 0.502 e. The molecule has 2 aliphatic rings. The van der Waals surface area contributed by atoms with E-state index in [4.69, 9.17) is 18.9 Å². The molecule has 4 aromatic carbocycles. The summed E-state index contributed by atoms with van der Waals surface area (Å²) in [5.41, 5.74) is -0.497. The third kappa shape index (κ3) is 7.00. The molecule has 0 radical (unpaired) electrons. The van der Waals surface area contributed by atoms with E-state index in [-0.39, 0.29) is 37.2 Å². The molecule has 6 rings (SSSR count). The summed E-state index contributed by atoms with van der Waals surface area (Å²) in [6, 6.07) is 35.8. The maximum atomic E-state index is 12.8. The topological polar surface area (TPSA) is 146 Å². The van der Waals surface area contributed by atoms with Crippen molar-refractivity contribution in [3.05, 3.63) is 155 Å². The summed E-state index contributed by atoms with van der Waals surface area (Å²) < 4.78 is 21.2. The van der Waals surface area contributed by atoms with Gasteiger partial charge in [0.05, 0.1) is 24.4 Å². The summed E-state index contributed by atoms with van der Waals surface area (Å²) in [6.07, 6.45) is 0.152. The van der Waals surface area contributed by atoms with Crippen LogP contribution >= 0.6 is 0 Å². The molecule has 0 unspecified atom stereocenters. The zero-order valence-electron chi connectivity index (χ0n) is 27.5. The van der Waals surface area contributed by atoms with Gasteiger partial charge in [0, 0.05) is 12.8 Å². The van der Waals surface area contributed by atoms with Crippen LogP contribution in [0.4, 0.5) is 0 Å². The van der Waals surface area contributed by atoms with Crippen LogP contribution in [0.3, 0.4) is 0 Å². The molecule has 0 bridgehead atoms. The van der Waals surface area contributed by atoms with E-state index >= 15 is 0 Å². The van der Waals surface area contributed by atoms with E-state index in [1.165, 1.54) is 0 Å². The average Bonchev–Trinajstić information content (AvgIpc) is 3.54. The predicted octanol–water partition coefficient (Wildman–Crippen LogP) is 6.11. The van der Waals surface area contributed by atoms with Gasteiger partial charge in [-0.1, -0.05) is 121 Å². The number of rotatable bonds is 10. The third-order valence-corrected chi connectivity index (χ3v) is 8.13. The minimum atomic E-state index is -1.71. The van der Waals surface area contributed by atoms with E-state index in [9.17, 15) is 29.4 Å². The summed E-state index contributed by atoms with van der Waals surface area (Å²) in [6.45, 7) is 3.62. The third-order valence-electron chi connectivity index (χ3n) is 8.13. The van der Waals surface area contributed by atoms with Gasteiger partial charge in [0.1, 0.15) is 0 Å². The van der Waals surface area contributed by atoms with E-state index in [0.29, 0.717) is 11.1 Å². The molecule has 10 nitrogen and oxygen atoms in total. The van der Waals surface area contributed by atoms with Gasteiger partial charge in [-0.05, 0) is 36.1 Å². The Morgan fingerprint density at radius 3 is 1.14 bits per heavy atom. The summed E-state index contributed by atoms with van der Waals surface area (Å²) in [5.74, 6) is -4.37. The maximum Gasteiger partial charge on any atom is 0.375 e. The van der Waals surface area contributed by atoms with Gasteiger partial charge in [-0.15, -0.1) is 0 Å². The minimum Gasteiger partial charge on any atom is -0.502 e. The van der Waals surface area contributed by atoms with Crippen LogP contribution in [0.15, 0.2) is 133 Å². The lowest BCUT2D eigenvalue weighted by molar-refractivity contribution is -0.171. The zero-order chi connectivity index (χ0) is 35.7. The van der Waals surface area contributed by atoms with Gasteiger partial charge in [-0.25, -0.2) is 19.2 Å². The van der Waals surface area contributed by atoms with Crippen LogP contribution in [0.5, 0.6) is 0 Å². The highest BCUT2D eigenvalue weighted by Crippen LogP contribution is 2.44. The molecule has 2 N–H and O–H groups in total. The van der Waals surface area contributed by atoms with Crippen LogP contribution in [0, 0.1) is 0 Å². The molecule has 10 heteroatoms. The number of carbonyl (C=O) groups excluding carboxylic acids is 4. The van der Waals surface area contributed by atoms with Crippen molar-refractivity contribution in [2.45, 2.75) is 37.9 Å². The molecular weight excluding hydrogens is 640 g/mol. The van der Waals surface area contributed by atoms with E-state index in [1.807, 2.05) is 72.8 Å². The normalized spacial score (nSPS) is 19.6. The molecule has 0 aromatic heterocycles. The highest BCUT2D eigenvalue weighted by atomic mass is 16.6. The van der Waals surface area contributed by atoms with Crippen molar-refractivity contribution in [2.24, 2.45) is 0 Å². The number of aliphatic hydroxyl groups excluding tert-OH is 2. The second-order valence-corrected chi connectivity index (χ2v) is 11.4. The average molecular weight is 677 g/mol. The summed E-state index contributed by atoms with van der Waals surface area (Å²) in [4.78, 5) is 49.9. The number of carbonyl (C=O) groups is 4. The summed E-state index contributed by atoms with van der Waals surface area (Å²) in [7, 11) is 0. The summed E-state index contributed by atoms with van der Waals surface area (Å²) >= 11 is 0. The Morgan fingerprint density at radius 2 is 0.840 bits per heavy atom. The van der Waals surface area contributed by atoms with Gasteiger partial charge in [0.25, 0.3) is 0 Å². The van der Waals surface area contributed by atoms with Crippen molar-refractivity contribution in [3.63, 3.8) is 0 Å². The number of hydrogen-bond donors (Lipinski definition) is 2. The Kier molecular flexibility index (Phi) is 10.8. The van der Waals surface area contributed by atoms with Crippen LogP contribution in [-0.4, -0.2) is 58.5 Å². The Labute approximate surface area is 289 Å². The first-order chi connectivity index (χ1) is 24.2. The van der Waals surface area contributed by atoms with Gasteiger partial charge in [0.2, 0.25) is 22.7 Å². The molecule has 256 valence electrons. The Morgan fingerprint density at radius 1 is 0.540 bits per heavy atom. The molecule has 0 amide bonds. The quantitative estimate of drug-likeness (QED) is 0.149. The van der Waals surface area contributed by atoms with E-state index < -0.39 is 46.6 Å². The predicted molar refractivity (Wildman–Crippen MR) is 183 cm³/mol. The first kappa shape index (κ1) is 35.2. The lowest BCUT2D eigenvalue weighted by Gasteiger charge is -2.28. The number of cyclic esters (lactones) is 2. The zero-order valence-corrected chi connectivity index (χ0v) is 27.5. The molecular formula is C40H36O10. The second-order valence-electron chi connectivity index (χ2n) is 11.4. The molecule has 2 aliphatic heterocycles. The lowest BCUT2D eigenvalue weighted by Crippen LogP contribution is -2.44. The molecule has 0 saturated carbocycles. The number of ether oxygens (including phenoxy) is 4. The Balaban J connectivity index is 0.000000194. The van der Waals surface area contributed by atoms with Gasteiger partial charge in [-0.2, -0.15) is 0 Å². The van der Waals surface area contributed by atoms with E-state index in [2.05, 4.69) is 0 Å². The molecule has 2 atom stereocenters. The lowest BCUT2D eigenvalue weighted by atomic mass is 9.83. The van der Waals surface area contributed by atoms with Crippen molar-refractivity contribution in [1.82, 2.24) is 0 Å². The smallest absolute Gasteiger partial charge is 0.375 e. The Bertz CT molecular complexity index is 1760. The van der Waals surface area contributed by atoms with Gasteiger partial charge >= 0.3 is 23.9 Å². The highest BCUT2D eigenvalue weighted by Gasteiger charge is 2.57. The highest BCUT2D eigenvalue weighted by molar-refractivity contribution is 6.12. The van der Waals surface area contributed by atoms with Crippen molar-refractivity contribution >= 4 is 35.0 Å². The van der Waals surface area contributed by atoms with Crippen molar-refractivity contribution in [1.29, 1.82) is 0 Å². The van der Waals surface area contributed by atoms with Crippen molar-refractivity contribution in [2.75, 3.05) is 13.2 Å². The minimum absolute atomic E-state index is 0.0761. The number of esters is 4. The molecule has 2 heterocycles. The van der Waals surface area contributed by atoms with Crippen molar-refractivity contribution in [3.8, 4) is 0 Å². The number of aliphatic hydroxyl groups is 2. The van der Waals surface area contributed by atoms with E-state index in [0.717, 1.165) is 11.1 Å². The molecule has 50 heavy (non-hydrogen) atoms. The fourth-order valence-electron chi connectivity index (χ4n) is 5.99. The van der Waals surface area contributed by atoms with Gasteiger partial charge < -0.3 is 29.2 Å². The SMILES string of the molecule is CCOC(=O)[C@@]1(Cc2ccccc2)OC(=O)C(O)=C1c1ccccc1.CCOC(=O)[C@]1(Cc2ccccc2)OC(=O)C(O)=C1c1ccccc1. The molecule has 4 aromatic rings. The van der Waals surface area contributed by atoms with Gasteiger partial charge in [0.15, 0.2) is 0 Å². The summed E-state index contributed by atoms with van der Waals surface area (Å²) in [5, 5.41) is 20.7. The van der Waals surface area contributed by atoms with Crippen LogP contribution in [-0.2, 0) is 51.0 Å². The van der Waals surface area contributed by atoms with Crippen molar-refractivity contribution < 1.29 is 48.3 Å². The maximum absolute atomic E-state index is 12.8. The van der Waals surface area contributed by atoms with Gasteiger partial charge in [-0.3, -0.25) is 0 Å². The van der Waals surface area contributed by atoms with E-state index in [1.54, 1.807) is 62.4 Å². The van der Waals surface area contributed by atoms with Crippen LogP contribution in [0.1, 0.15) is 36.1 Å². The molecule has 0 saturated heterocycles. The van der Waals surface area contributed by atoms with Crippen LogP contribution in [0.2, 0.25) is 0 Å². The second kappa shape index (κ2) is 15.4. The Hall–Kier alpha value is -6.16. The first-order valence-electron chi connectivity index (χ1n) is 16.0. The molecule has 0 fully saturated rings.